The van der Waals surface area contributed by atoms with Crippen LogP contribution in [0.2, 0.25) is 0 Å². The van der Waals surface area contributed by atoms with E-state index in [4.69, 9.17) is 27.4 Å². The minimum Gasteiger partial charge on any atom is -0.506 e. The number of nitriles is 1. The van der Waals surface area contributed by atoms with Gasteiger partial charge in [0.25, 0.3) is 0 Å². The van der Waals surface area contributed by atoms with Gasteiger partial charge < -0.3 is 5.11 Å². The molecule has 3 heterocycles. The maximum Gasteiger partial charge on any atom is 0.211 e. The second-order valence-electron chi connectivity index (χ2n) is 4.04. The molecule has 0 unspecified atom stereocenters. The third-order valence-electron chi connectivity index (χ3n) is 2.69. The lowest BCUT2D eigenvalue weighted by molar-refractivity contribution is 0.471. The van der Waals surface area contributed by atoms with Gasteiger partial charge in [-0.2, -0.15) is 10.4 Å². The van der Waals surface area contributed by atoms with Crippen molar-refractivity contribution in [2.45, 2.75) is 0 Å². The molecule has 11 heteroatoms. The summed E-state index contributed by atoms with van der Waals surface area (Å²) in [7, 11) is 0. The molecule has 0 bridgehead atoms. The third kappa shape index (κ3) is 4.12. The molecule has 0 aliphatic heterocycles. The quantitative estimate of drug-likeness (QED) is 0.337. The summed E-state index contributed by atoms with van der Waals surface area (Å²) in [5.41, 5.74) is 24.7. The van der Waals surface area contributed by atoms with E-state index < -0.39 is 0 Å². The molecule has 0 fully saturated rings. The molecule has 0 aromatic carbocycles. The Morgan fingerprint density at radius 1 is 1.17 bits per heavy atom. The van der Waals surface area contributed by atoms with Crippen LogP contribution in [0.5, 0.6) is 5.75 Å². The summed E-state index contributed by atoms with van der Waals surface area (Å²) in [6, 6.07) is 7.38. The van der Waals surface area contributed by atoms with Crippen molar-refractivity contribution in [2.24, 2.45) is 0 Å². The molecular formula is C13H12N10O+2. The Balaban J connectivity index is 0.000000423. The van der Waals surface area contributed by atoms with Gasteiger partial charge in [0.15, 0.2) is 0 Å². The Hall–Kier alpha value is -4.25. The molecule has 0 saturated heterocycles. The van der Waals surface area contributed by atoms with Gasteiger partial charge in [0, 0.05) is 23.5 Å². The van der Waals surface area contributed by atoms with Crippen LogP contribution in [-0.4, -0.2) is 19.7 Å². The van der Waals surface area contributed by atoms with Crippen LogP contribution < -0.4 is 9.82 Å². The first-order chi connectivity index (χ1) is 11.6. The number of nitrogens with zero attached hydrogens (tertiary/aromatic N) is 6. The largest absolute Gasteiger partial charge is 0.506 e. The Bertz CT molecular complexity index is 917. The molecule has 0 aliphatic rings. The summed E-state index contributed by atoms with van der Waals surface area (Å²) in [4.78, 5) is 8.04. The Labute approximate surface area is 134 Å². The lowest BCUT2D eigenvalue weighted by Gasteiger charge is -2.05. The molecule has 3 aromatic rings. The molecule has 0 amide bonds. The van der Waals surface area contributed by atoms with Crippen LogP contribution in [0, 0.1) is 33.5 Å². The van der Waals surface area contributed by atoms with E-state index >= 15 is 0 Å². The molecular weight excluding hydrogens is 312 g/mol. The molecule has 0 aliphatic carbocycles. The fourth-order valence-electron chi connectivity index (χ4n) is 1.93. The summed E-state index contributed by atoms with van der Waals surface area (Å²) in [5.74, 6) is 0.0916. The van der Waals surface area contributed by atoms with Crippen molar-refractivity contribution in [1.82, 2.24) is 24.4 Å². The fourth-order valence-corrected chi connectivity index (χ4v) is 1.93. The lowest BCUT2D eigenvalue weighted by atomic mass is 10.1. The van der Waals surface area contributed by atoms with Gasteiger partial charge >= 0.3 is 0 Å². The number of hydrogen-bond donors (Lipinski definition) is 5. The molecule has 24 heavy (non-hydrogen) atoms. The van der Waals surface area contributed by atoms with Gasteiger partial charge in [-0.15, -0.1) is 0 Å². The smallest absolute Gasteiger partial charge is 0.211 e. The van der Waals surface area contributed by atoms with Crippen molar-refractivity contribution in [1.29, 1.82) is 27.4 Å². The van der Waals surface area contributed by atoms with Crippen molar-refractivity contribution in [3.05, 3.63) is 48.5 Å². The number of nitrogens with one attached hydrogen (secondary N) is 4. The first-order valence-electron chi connectivity index (χ1n) is 6.20. The van der Waals surface area contributed by atoms with Crippen molar-refractivity contribution < 1.29 is 5.11 Å². The molecule has 118 valence electrons. The summed E-state index contributed by atoms with van der Waals surface area (Å²) in [5, 5.41) is 22.8. The van der Waals surface area contributed by atoms with Gasteiger partial charge in [0.1, 0.15) is 33.9 Å². The second kappa shape index (κ2) is 8.91. The number of aromatic hydroxyl groups is 1. The van der Waals surface area contributed by atoms with E-state index in [0.29, 0.717) is 11.1 Å². The highest BCUT2D eigenvalue weighted by Crippen LogP contribution is 2.29. The number of pyridine rings is 2. The number of hydrogen-bond acceptors (Lipinski definition) is 8. The first-order valence-corrected chi connectivity index (χ1v) is 6.20. The summed E-state index contributed by atoms with van der Waals surface area (Å²) in [6.45, 7) is 0. The normalized spacial score (nSPS) is 8.46. The molecule has 3 rings (SSSR count). The maximum absolute atomic E-state index is 9.69. The summed E-state index contributed by atoms with van der Waals surface area (Å²) >= 11 is 0. The van der Waals surface area contributed by atoms with E-state index in [0.717, 1.165) is 11.1 Å². The maximum atomic E-state index is 9.69. The van der Waals surface area contributed by atoms with Crippen molar-refractivity contribution >= 4 is 5.52 Å². The average Bonchev–Trinajstić information content (AvgIpc) is 2.99. The summed E-state index contributed by atoms with van der Waals surface area (Å²) < 4.78 is 1.50. The Morgan fingerprint density at radius 2 is 1.83 bits per heavy atom. The number of fused-ring (bicyclic) bond motifs is 1. The monoisotopic (exact) mass is 324 g/mol. The van der Waals surface area contributed by atoms with Crippen LogP contribution in [-0.2, 0) is 0 Å². The zero-order valence-corrected chi connectivity index (χ0v) is 12.2. The van der Waals surface area contributed by atoms with Gasteiger partial charge in [-0.25, -0.2) is 4.52 Å². The van der Waals surface area contributed by atoms with E-state index in [2.05, 4.69) is 16.2 Å². The highest BCUT2D eigenvalue weighted by Gasteiger charge is 2.12. The predicted molar refractivity (Wildman–Crippen MR) is 79.9 cm³/mol. The molecule has 0 atom stereocenters. The molecule has 0 spiro atoms. The number of aromatic nitrogens is 3. The van der Waals surface area contributed by atoms with Gasteiger partial charge in [-0.1, -0.05) is 6.07 Å². The van der Waals surface area contributed by atoms with E-state index in [1.807, 2.05) is 15.9 Å². The minimum atomic E-state index is 0.0916. The van der Waals surface area contributed by atoms with Crippen LogP contribution in [0.1, 0.15) is 5.56 Å². The van der Waals surface area contributed by atoms with Crippen LogP contribution in [0.3, 0.4) is 0 Å². The van der Waals surface area contributed by atoms with Gasteiger partial charge in [-0.3, -0.25) is 4.98 Å². The second-order valence-corrected chi connectivity index (χ2v) is 4.04. The van der Waals surface area contributed by atoms with Crippen LogP contribution in [0.15, 0.2) is 43.0 Å². The lowest BCUT2D eigenvalue weighted by Crippen LogP contribution is -1.90. The van der Waals surface area contributed by atoms with Crippen LogP contribution in [0.25, 0.3) is 16.6 Å². The van der Waals surface area contributed by atoms with Crippen LogP contribution in [0.4, 0.5) is 0 Å². The number of rotatable bonds is 1. The fraction of sp³-hybridized carbons (Fsp3) is 0. The van der Waals surface area contributed by atoms with E-state index in [1.165, 1.54) is 16.9 Å². The van der Waals surface area contributed by atoms with Crippen LogP contribution >= 0.6 is 0 Å². The van der Waals surface area contributed by atoms with E-state index in [-0.39, 0.29) is 5.75 Å². The molecule has 11 nitrogen and oxygen atoms in total. The molecule has 0 saturated carbocycles. The highest BCUT2D eigenvalue weighted by atomic mass is 16.3. The van der Waals surface area contributed by atoms with E-state index in [1.54, 1.807) is 24.5 Å². The minimum absolute atomic E-state index is 0.0916. The SMILES string of the molecule is N#Cc1cnn2cc(O)cc(-c3cccnc3)c12.N=[N+]=N.N=[N+]=N. The molecule has 0 radical (unpaired) electrons. The Kier molecular flexibility index (Phi) is 6.61. The topological polar surface area (TPSA) is 198 Å². The molecule has 5 N–H and O–H groups in total. The van der Waals surface area contributed by atoms with Crippen molar-refractivity contribution in [3.63, 3.8) is 0 Å². The zero-order valence-electron chi connectivity index (χ0n) is 12.2. The first kappa shape index (κ1) is 17.8. The summed E-state index contributed by atoms with van der Waals surface area (Å²) in [6.07, 6.45) is 6.30. The highest BCUT2D eigenvalue weighted by molar-refractivity contribution is 5.84. The van der Waals surface area contributed by atoms with Gasteiger partial charge in [-0.05, 0) is 12.1 Å². The molecule has 3 aromatic heterocycles. The van der Waals surface area contributed by atoms with Crippen molar-refractivity contribution in [3.8, 4) is 22.9 Å². The van der Waals surface area contributed by atoms with E-state index in [9.17, 15) is 5.11 Å². The zero-order chi connectivity index (χ0) is 17.9. The van der Waals surface area contributed by atoms with Gasteiger partial charge in [0.2, 0.25) is 9.82 Å². The Morgan fingerprint density at radius 3 is 2.38 bits per heavy atom. The standard InChI is InChI=1S/C13H8N4O.2H2N3/c14-5-10-7-16-17-8-11(18)4-12(13(10)17)9-2-1-3-15-6-9;2*1-3-2/h1-4,6-8,18H;2*1-2H/q;2*+1. The average molecular weight is 324 g/mol. The third-order valence-corrected chi connectivity index (χ3v) is 2.69. The predicted octanol–water partition coefficient (Wildman–Crippen LogP) is 2.20. The van der Waals surface area contributed by atoms with Gasteiger partial charge in [0.05, 0.1) is 23.5 Å². The van der Waals surface area contributed by atoms with Crippen molar-refractivity contribution in [2.75, 3.05) is 0 Å².